The van der Waals surface area contributed by atoms with Crippen LogP contribution in [0.25, 0.3) is 0 Å². The summed E-state index contributed by atoms with van der Waals surface area (Å²) in [6.07, 6.45) is 6.25. The van der Waals surface area contributed by atoms with Gasteiger partial charge in [-0.15, -0.1) is 11.3 Å². The van der Waals surface area contributed by atoms with Crippen molar-refractivity contribution in [3.05, 3.63) is 50.7 Å². The number of hydrogen-bond donors (Lipinski definition) is 0. The predicted molar refractivity (Wildman–Crippen MR) is 106 cm³/mol. The van der Waals surface area contributed by atoms with Gasteiger partial charge in [0.15, 0.2) is 0 Å². The van der Waals surface area contributed by atoms with Gasteiger partial charge >= 0.3 is 0 Å². The summed E-state index contributed by atoms with van der Waals surface area (Å²) >= 11 is 2.07. The lowest BCUT2D eigenvalue weighted by Crippen LogP contribution is -2.38. The summed E-state index contributed by atoms with van der Waals surface area (Å²) in [5, 5.41) is 0. The molecular weight excluding hydrogens is 326 g/mol. The number of fused-ring (bicyclic) bond motifs is 4. The Labute approximate surface area is 155 Å². The van der Waals surface area contributed by atoms with Gasteiger partial charge in [-0.3, -0.25) is 4.90 Å². The van der Waals surface area contributed by atoms with Crippen molar-refractivity contribution in [2.45, 2.75) is 58.5 Å². The van der Waals surface area contributed by atoms with Crippen LogP contribution in [0, 0.1) is 5.92 Å². The van der Waals surface area contributed by atoms with E-state index in [0.29, 0.717) is 6.04 Å². The number of aryl methyl sites for hydroxylation is 1. The van der Waals surface area contributed by atoms with Crippen LogP contribution >= 0.6 is 11.3 Å². The molecule has 0 saturated carbocycles. The van der Waals surface area contributed by atoms with Gasteiger partial charge in [-0.05, 0) is 60.1 Å². The second-order valence-corrected chi connectivity index (χ2v) is 9.17. The highest BCUT2D eigenvalue weighted by atomic mass is 32.1. The Kier molecular flexibility index (Phi) is 4.88. The van der Waals surface area contributed by atoms with E-state index in [1.54, 1.807) is 22.4 Å². The van der Waals surface area contributed by atoms with Crippen LogP contribution in [0.3, 0.4) is 0 Å². The molecule has 1 aromatic heterocycles. The number of nitrogens with zero attached hydrogens (tertiary/aromatic N) is 1. The van der Waals surface area contributed by atoms with Crippen LogP contribution in [0.4, 0.5) is 0 Å². The van der Waals surface area contributed by atoms with Crippen LogP contribution in [0.2, 0.25) is 0 Å². The van der Waals surface area contributed by atoms with Crippen molar-refractivity contribution in [2.75, 3.05) is 13.7 Å². The van der Waals surface area contributed by atoms with E-state index in [9.17, 15) is 0 Å². The lowest BCUT2D eigenvalue weighted by molar-refractivity contribution is 0.162. The number of rotatable bonds is 5. The third-order valence-corrected chi connectivity index (χ3v) is 6.98. The molecule has 3 heterocycles. The summed E-state index contributed by atoms with van der Waals surface area (Å²) in [6, 6.07) is 9.73. The van der Waals surface area contributed by atoms with Gasteiger partial charge in [0.25, 0.3) is 0 Å². The van der Waals surface area contributed by atoms with Gasteiger partial charge in [-0.1, -0.05) is 26.3 Å². The maximum atomic E-state index is 5.42. The molecule has 0 radical (unpaired) electrons. The Hall–Kier alpha value is -1.32. The molecule has 2 aliphatic rings. The molecule has 2 aromatic rings. The van der Waals surface area contributed by atoms with E-state index in [0.717, 1.165) is 24.6 Å². The molecule has 0 spiro atoms. The summed E-state index contributed by atoms with van der Waals surface area (Å²) in [6.45, 7) is 6.95. The number of hydrogen-bond acceptors (Lipinski definition) is 3. The van der Waals surface area contributed by atoms with E-state index >= 15 is 0 Å². The van der Waals surface area contributed by atoms with Crippen LogP contribution in [0.1, 0.15) is 59.2 Å². The van der Waals surface area contributed by atoms with Gasteiger partial charge in [0.1, 0.15) is 5.75 Å². The molecule has 134 valence electrons. The fraction of sp³-hybridized carbons (Fsp3) is 0.545. The molecule has 1 atom stereocenters. The Morgan fingerprint density at radius 2 is 2.12 bits per heavy atom. The monoisotopic (exact) mass is 355 g/mol. The van der Waals surface area contributed by atoms with Crippen LogP contribution in [0.5, 0.6) is 5.75 Å². The van der Waals surface area contributed by atoms with Gasteiger partial charge < -0.3 is 4.74 Å². The third-order valence-electron chi connectivity index (χ3n) is 5.72. The molecule has 0 fully saturated rings. The molecule has 25 heavy (non-hydrogen) atoms. The number of ether oxygens (including phenoxy) is 1. The van der Waals surface area contributed by atoms with Crippen molar-refractivity contribution in [1.29, 1.82) is 0 Å². The van der Waals surface area contributed by atoms with Crippen LogP contribution < -0.4 is 4.74 Å². The maximum absolute atomic E-state index is 5.42. The van der Waals surface area contributed by atoms with Crippen molar-refractivity contribution in [1.82, 2.24) is 4.90 Å². The number of benzene rings is 1. The van der Waals surface area contributed by atoms with Crippen molar-refractivity contribution in [3.8, 4) is 5.75 Å². The number of thiophene rings is 1. The minimum atomic E-state index is 0.560. The molecule has 0 bridgehead atoms. The van der Waals surface area contributed by atoms with Crippen molar-refractivity contribution in [3.63, 3.8) is 0 Å². The molecule has 3 heteroatoms. The molecule has 2 aliphatic heterocycles. The van der Waals surface area contributed by atoms with Crippen molar-refractivity contribution < 1.29 is 4.74 Å². The highest BCUT2D eigenvalue weighted by Crippen LogP contribution is 2.41. The van der Waals surface area contributed by atoms with E-state index < -0.39 is 0 Å². The summed E-state index contributed by atoms with van der Waals surface area (Å²) in [4.78, 5) is 5.91. The first-order chi connectivity index (χ1) is 12.1. The molecule has 0 N–H and O–H groups in total. The fourth-order valence-electron chi connectivity index (χ4n) is 4.33. The van der Waals surface area contributed by atoms with E-state index in [4.69, 9.17) is 4.74 Å². The fourth-order valence-corrected chi connectivity index (χ4v) is 5.59. The minimum Gasteiger partial charge on any atom is -0.497 e. The van der Waals surface area contributed by atoms with Gasteiger partial charge in [0.2, 0.25) is 0 Å². The molecule has 4 rings (SSSR count). The predicted octanol–water partition coefficient (Wildman–Crippen LogP) is 5.39. The number of methoxy groups -OCH3 is 1. The van der Waals surface area contributed by atoms with Gasteiger partial charge in [0.05, 0.1) is 7.11 Å². The summed E-state index contributed by atoms with van der Waals surface area (Å²) in [5.74, 6) is 1.81. The maximum Gasteiger partial charge on any atom is 0.119 e. The highest BCUT2D eigenvalue weighted by Gasteiger charge is 2.33. The van der Waals surface area contributed by atoms with E-state index in [-0.39, 0.29) is 0 Å². The van der Waals surface area contributed by atoms with Gasteiger partial charge in [-0.2, -0.15) is 0 Å². The van der Waals surface area contributed by atoms with Gasteiger partial charge in [-0.25, -0.2) is 0 Å². The zero-order chi connectivity index (χ0) is 17.4. The average molecular weight is 356 g/mol. The first-order valence-corrected chi connectivity index (χ1v) is 10.5. The smallest absolute Gasteiger partial charge is 0.119 e. The van der Waals surface area contributed by atoms with Gasteiger partial charge in [0, 0.05) is 35.3 Å². The standard InChI is InChI=1S/C22H29NOS/c1-15(2)5-4-6-19-12-17-14-23-10-9-16-11-18(24-3)7-8-20(16)21(23)13-22(17)25-19/h7-8,11-12,15,21H,4-6,9-10,13-14H2,1-3H3. The second kappa shape index (κ2) is 7.13. The largest absolute Gasteiger partial charge is 0.497 e. The minimum absolute atomic E-state index is 0.560. The quantitative estimate of drug-likeness (QED) is 0.713. The van der Waals surface area contributed by atoms with Crippen molar-refractivity contribution >= 4 is 11.3 Å². The molecule has 0 amide bonds. The van der Waals surface area contributed by atoms with Crippen LogP contribution in [-0.4, -0.2) is 18.6 Å². The Balaban J connectivity index is 1.53. The molecule has 0 saturated heterocycles. The lowest BCUT2D eigenvalue weighted by atomic mass is 9.87. The van der Waals surface area contributed by atoms with Crippen LogP contribution in [0.15, 0.2) is 24.3 Å². The van der Waals surface area contributed by atoms with Crippen molar-refractivity contribution in [2.24, 2.45) is 5.92 Å². The second-order valence-electron chi connectivity index (χ2n) is 7.95. The van der Waals surface area contributed by atoms with E-state index in [1.165, 1.54) is 43.4 Å². The zero-order valence-corrected chi connectivity index (χ0v) is 16.5. The highest BCUT2D eigenvalue weighted by molar-refractivity contribution is 7.12. The summed E-state index contributed by atoms with van der Waals surface area (Å²) in [5.41, 5.74) is 4.60. The lowest BCUT2D eigenvalue weighted by Gasteiger charge is -2.40. The van der Waals surface area contributed by atoms with E-state index in [1.807, 2.05) is 0 Å². The zero-order valence-electron chi connectivity index (χ0n) is 15.7. The Morgan fingerprint density at radius 3 is 2.92 bits per heavy atom. The summed E-state index contributed by atoms with van der Waals surface area (Å²) in [7, 11) is 1.76. The SMILES string of the molecule is COc1ccc2c(c1)CCN1Cc3cc(CCCC(C)C)sc3CC21. The average Bonchev–Trinajstić information content (AvgIpc) is 3.00. The van der Waals surface area contributed by atoms with Crippen LogP contribution in [-0.2, 0) is 25.8 Å². The topological polar surface area (TPSA) is 12.5 Å². The molecule has 1 aromatic carbocycles. The molecule has 1 unspecified atom stereocenters. The first-order valence-electron chi connectivity index (χ1n) is 9.65. The Morgan fingerprint density at radius 1 is 1.24 bits per heavy atom. The third kappa shape index (κ3) is 3.50. The normalized spacial score (nSPS) is 19.4. The Bertz CT molecular complexity index is 748. The summed E-state index contributed by atoms with van der Waals surface area (Å²) < 4.78 is 5.42. The molecular formula is C22H29NOS. The molecule has 2 nitrogen and oxygen atoms in total. The first kappa shape index (κ1) is 17.1. The van der Waals surface area contributed by atoms with E-state index in [2.05, 4.69) is 54.3 Å². The molecule has 0 aliphatic carbocycles.